The van der Waals surface area contributed by atoms with Crippen LogP contribution < -0.4 is 0 Å². The molecule has 0 radical (unpaired) electrons. The topological polar surface area (TPSA) is 50.3 Å². The van der Waals surface area contributed by atoms with Gasteiger partial charge in [-0.1, -0.05) is 12.8 Å². The Morgan fingerprint density at radius 2 is 1.90 bits per heavy atom. The Morgan fingerprint density at radius 3 is 2.50 bits per heavy atom. The molecule has 20 heavy (non-hydrogen) atoms. The normalized spacial score (nSPS) is 16.9. The molecule has 0 aliphatic heterocycles. The summed E-state index contributed by atoms with van der Waals surface area (Å²) in [6.45, 7) is 0.422. The van der Waals surface area contributed by atoms with Crippen LogP contribution in [0.15, 0.2) is 24.5 Å². The molecule has 112 valence electrons. The van der Waals surface area contributed by atoms with Crippen molar-refractivity contribution in [3.8, 4) is 0 Å². The summed E-state index contributed by atoms with van der Waals surface area (Å²) in [5.41, 5.74) is 1.00. The molecule has 1 aliphatic rings. The van der Waals surface area contributed by atoms with Crippen LogP contribution >= 0.6 is 11.6 Å². The minimum Gasteiger partial charge on any atom is -0.265 e. The van der Waals surface area contributed by atoms with E-state index in [1.165, 1.54) is 0 Å². The van der Waals surface area contributed by atoms with E-state index in [4.69, 9.17) is 11.6 Å². The Morgan fingerprint density at radius 1 is 1.25 bits per heavy atom. The van der Waals surface area contributed by atoms with Gasteiger partial charge in [0.1, 0.15) is 0 Å². The molecule has 1 heterocycles. The zero-order valence-electron chi connectivity index (χ0n) is 11.5. The fraction of sp³-hybridized carbons (Fsp3) is 0.643. The predicted octanol–water partition coefficient (Wildman–Crippen LogP) is 2.44. The van der Waals surface area contributed by atoms with Gasteiger partial charge in [0.25, 0.3) is 0 Å². The highest BCUT2D eigenvalue weighted by molar-refractivity contribution is 7.89. The summed E-state index contributed by atoms with van der Waals surface area (Å²) in [6.07, 6.45) is 8.06. The highest BCUT2D eigenvalue weighted by Gasteiger charge is 2.31. The molecule has 1 aromatic heterocycles. The summed E-state index contributed by atoms with van der Waals surface area (Å²) >= 11 is 5.78. The molecule has 1 saturated carbocycles. The van der Waals surface area contributed by atoms with Crippen LogP contribution in [0.2, 0.25) is 0 Å². The Kier molecular flexibility index (Phi) is 5.81. The first-order valence-electron chi connectivity index (χ1n) is 7.08. The molecule has 1 aromatic rings. The van der Waals surface area contributed by atoms with Gasteiger partial charge in [-0.15, -0.1) is 11.6 Å². The van der Waals surface area contributed by atoms with E-state index in [-0.39, 0.29) is 11.8 Å². The lowest BCUT2D eigenvalue weighted by Gasteiger charge is -2.27. The average Bonchev–Trinajstić information content (AvgIpc) is 2.97. The molecule has 1 fully saturated rings. The second kappa shape index (κ2) is 7.38. The van der Waals surface area contributed by atoms with Gasteiger partial charge in [-0.25, -0.2) is 8.42 Å². The molecule has 0 N–H and O–H groups in total. The zero-order valence-corrected chi connectivity index (χ0v) is 13.1. The Hall–Kier alpha value is -0.650. The molecular weight excluding hydrogens is 296 g/mol. The lowest BCUT2D eigenvalue weighted by atomic mass is 10.2. The number of aromatic nitrogens is 1. The van der Waals surface area contributed by atoms with E-state index >= 15 is 0 Å². The van der Waals surface area contributed by atoms with Crippen molar-refractivity contribution in [2.45, 2.75) is 38.1 Å². The van der Waals surface area contributed by atoms with Crippen LogP contribution in [0.1, 0.15) is 31.2 Å². The molecule has 4 nitrogen and oxygen atoms in total. The second-order valence-electron chi connectivity index (χ2n) is 5.16. The van der Waals surface area contributed by atoms with Gasteiger partial charge in [0, 0.05) is 30.9 Å². The third kappa shape index (κ3) is 4.17. The van der Waals surface area contributed by atoms with Crippen molar-refractivity contribution < 1.29 is 8.42 Å². The molecule has 0 bridgehead atoms. The van der Waals surface area contributed by atoms with Gasteiger partial charge >= 0.3 is 0 Å². The van der Waals surface area contributed by atoms with Crippen LogP contribution in [0, 0.1) is 0 Å². The highest BCUT2D eigenvalue weighted by atomic mass is 35.5. The summed E-state index contributed by atoms with van der Waals surface area (Å²) in [5.74, 6) is 0.495. The maximum absolute atomic E-state index is 12.5. The summed E-state index contributed by atoms with van der Waals surface area (Å²) in [5, 5.41) is 0. The van der Waals surface area contributed by atoms with Crippen LogP contribution in [-0.4, -0.2) is 41.9 Å². The SMILES string of the molecule is O=S(=O)(CCc1ccncc1)N(CCCl)C1CCCC1. The maximum atomic E-state index is 12.5. The Bertz CT molecular complexity index is 501. The number of nitrogens with zero attached hydrogens (tertiary/aromatic N) is 2. The number of hydrogen-bond acceptors (Lipinski definition) is 3. The maximum Gasteiger partial charge on any atom is 0.214 e. The lowest BCUT2D eigenvalue weighted by molar-refractivity contribution is 0.337. The summed E-state index contributed by atoms with van der Waals surface area (Å²) in [7, 11) is -3.24. The third-order valence-corrected chi connectivity index (χ3v) is 5.88. The summed E-state index contributed by atoms with van der Waals surface area (Å²) < 4.78 is 26.7. The van der Waals surface area contributed by atoms with Crippen molar-refractivity contribution in [1.29, 1.82) is 0 Å². The van der Waals surface area contributed by atoms with Crippen LogP contribution in [0.25, 0.3) is 0 Å². The number of pyridine rings is 1. The van der Waals surface area contributed by atoms with E-state index in [9.17, 15) is 8.42 Å². The fourth-order valence-electron chi connectivity index (χ4n) is 2.74. The van der Waals surface area contributed by atoms with Crippen molar-refractivity contribution >= 4 is 21.6 Å². The summed E-state index contributed by atoms with van der Waals surface area (Å²) in [6, 6.07) is 3.87. The number of aryl methyl sites for hydroxylation is 1. The number of hydrogen-bond donors (Lipinski definition) is 0. The van der Waals surface area contributed by atoms with Gasteiger partial charge in [0.2, 0.25) is 10.0 Å². The van der Waals surface area contributed by atoms with Crippen molar-refractivity contribution in [3.05, 3.63) is 30.1 Å². The molecule has 0 unspecified atom stereocenters. The molecule has 0 saturated heterocycles. The van der Waals surface area contributed by atoms with Crippen LogP contribution in [0.5, 0.6) is 0 Å². The van der Waals surface area contributed by atoms with E-state index < -0.39 is 10.0 Å². The minimum atomic E-state index is -3.24. The monoisotopic (exact) mass is 316 g/mol. The quantitative estimate of drug-likeness (QED) is 0.726. The lowest BCUT2D eigenvalue weighted by Crippen LogP contribution is -2.41. The number of halogens is 1. The molecule has 6 heteroatoms. The third-order valence-electron chi connectivity index (χ3n) is 3.79. The number of alkyl halides is 1. The molecule has 0 spiro atoms. The van der Waals surface area contributed by atoms with Gasteiger partial charge < -0.3 is 0 Å². The first-order chi connectivity index (χ1) is 9.63. The standard InChI is InChI=1S/C14H21ClN2O2S/c15-8-11-17(14-3-1-2-4-14)20(18,19)12-7-13-5-9-16-10-6-13/h5-6,9-10,14H,1-4,7-8,11-12H2. The summed E-state index contributed by atoms with van der Waals surface area (Å²) in [4.78, 5) is 3.94. The van der Waals surface area contributed by atoms with E-state index in [1.807, 2.05) is 12.1 Å². The first-order valence-corrected chi connectivity index (χ1v) is 9.22. The van der Waals surface area contributed by atoms with Crippen molar-refractivity contribution in [2.75, 3.05) is 18.2 Å². The average molecular weight is 317 g/mol. The molecule has 1 aliphatic carbocycles. The number of sulfonamides is 1. The minimum absolute atomic E-state index is 0.143. The van der Waals surface area contributed by atoms with Crippen LogP contribution in [0.3, 0.4) is 0 Å². The van der Waals surface area contributed by atoms with Gasteiger partial charge in [-0.05, 0) is 37.0 Å². The zero-order chi connectivity index (χ0) is 14.4. The van der Waals surface area contributed by atoms with Crippen molar-refractivity contribution in [1.82, 2.24) is 9.29 Å². The van der Waals surface area contributed by atoms with Crippen molar-refractivity contribution in [2.24, 2.45) is 0 Å². The van der Waals surface area contributed by atoms with E-state index in [2.05, 4.69) is 4.98 Å². The molecule has 0 aromatic carbocycles. The molecule has 0 amide bonds. The van der Waals surface area contributed by atoms with Gasteiger partial charge in [0.15, 0.2) is 0 Å². The first kappa shape index (κ1) is 15.7. The highest BCUT2D eigenvalue weighted by Crippen LogP contribution is 2.26. The van der Waals surface area contributed by atoms with Gasteiger partial charge in [0.05, 0.1) is 5.75 Å². The van der Waals surface area contributed by atoms with Crippen LogP contribution in [-0.2, 0) is 16.4 Å². The smallest absolute Gasteiger partial charge is 0.214 e. The molecule has 0 atom stereocenters. The molecular formula is C14H21ClN2O2S. The van der Waals surface area contributed by atoms with E-state index in [0.29, 0.717) is 18.8 Å². The van der Waals surface area contributed by atoms with E-state index in [0.717, 1.165) is 31.2 Å². The van der Waals surface area contributed by atoms with Crippen molar-refractivity contribution in [3.63, 3.8) is 0 Å². The fourth-order valence-corrected chi connectivity index (χ4v) is 4.78. The Balaban J connectivity index is 2.02. The van der Waals surface area contributed by atoms with Crippen LogP contribution in [0.4, 0.5) is 0 Å². The van der Waals surface area contributed by atoms with Gasteiger partial charge in [-0.2, -0.15) is 4.31 Å². The van der Waals surface area contributed by atoms with E-state index in [1.54, 1.807) is 16.7 Å². The largest absolute Gasteiger partial charge is 0.265 e. The number of rotatable bonds is 7. The molecule has 2 rings (SSSR count). The van der Waals surface area contributed by atoms with Gasteiger partial charge in [-0.3, -0.25) is 4.98 Å². The second-order valence-corrected chi connectivity index (χ2v) is 7.58. The predicted molar refractivity (Wildman–Crippen MR) is 81.4 cm³/mol. The Labute approximate surface area is 126 Å².